The summed E-state index contributed by atoms with van der Waals surface area (Å²) in [5, 5.41) is 21.3. The molecule has 0 amide bonds. The lowest BCUT2D eigenvalue weighted by Gasteiger charge is -2.26. The van der Waals surface area contributed by atoms with Crippen molar-refractivity contribution in [3.05, 3.63) is 41.5 Å². The molecule has 0 radical (unpaired) electrons. The first-order valence-electron chi connectivity index (χ1n) is 9.95. The lowest BCUT2D eigenvalue weighted by Crippen LogP contribution is -2.25. The van der Waals surface area contributed by atoms with Crippen LogP contribution >= 0.6 is 0 Å². The van der Waals surface area contributed by atoms with E-state index in [4.69, 9.17) is 28.4 Å². The second-order valence-corrected chi connectivity index (χ2v) is 7.28. The smallest absolute Gasteiger partial charge is 0.203 e. The molecule has 2 aromatic carbocycles. The van der Waals surface area contributed by atoms with Gasteiger partial charge in [0.25, 0.3) is 0 Å². The summed E-state index contributed by atoms with van der Waals surface area (Å²) in [6.07, 6.45) is -1.30. The molecule has 0 saturated carbocycles. The van der Waals surface area contributed by atoms with Gasteiger partial charge in [-0.3, -0.25) is 0 Å². The molecule has 4 atom stereocenters. The molecule has 1 fully saturated rings. The van der Waals surface area contributed by atoms with Gasteiger partial charge in [0, 0.05) is 18.4 Å². The first-order chi connectivity index (χ1) is 15.0. The minimum Gasteiger partial charge on any atom is -0.493 e. The van der Waals surface area contributed by atoms with Crippen LogP contribution in [0.25, 0.3) is 0 Å². The van der Waals surface area contributed by atoms with Crippen molar-refractivity contribution in [1.29, 1.82) is 0 Å². The summed E-state index contributed by atoms with van der Waals surface area (Å²) >= 11 is 0. The molecule has 1 aliphatic heterocycles. The average molecular weight is 434 g/mol. The SMILES string of the molecule is COc1ccc([C@@H](O)[C@H]2CO[C@@H](c3cc(OC)c(OC)c(OC)c3)[C@@H]2CO)cc1OC. The topological polar surface area (TPSA) is 95.8 Å². The van der Waals surface area contributed by atoms with Gasteiger partial charge in [-0.25, -0.2) is 0 Å². The van der Waals surface area contributed by atoms with Gasteiger partial charge < -0.3 is 38.6 Å². The zero-order valence-corrected chi connectivity index (χ0v) is 18.5. The van der Waals surface area contributed by atoms with Crippen LogP contribution < -0.4 is 23.7 Å². The minimum absolute atomic E-state index is 0.156. The van der Waals surface area contributed by atoms with E-state index >= 15 is 0 Å². The molecule has 3 rings (SSSR count). The molecule has 0 aliphatic carbocycles. The van der Waals surface area contributed by atoms with E-state index in [9.17, 15) is 10.2 Å². The Kier molecular flexibility index (Phi) is 7.48. The van der Waals surface area contributed by atoms with Crippen molar-refractivity contribution < 1.29 is 38.6 Å². The van der Waals surface area contributed by atoms with Crippen molar-refractivity contribution in [2.45, 2.75) is 12.2 Å². The first kappa shape index (κ1) is 23.0. The van der Waals surface area contributed by atoms with Gasteiger partial charge in [-0.05, 0) is 35.4 Å². The number of hydrogen-bond donors (Lipinski definition) is 2. The van der Waals surface area contributed by atoms with E-state index in [1.807, 2.05) is 0 Å². The molecule has 2 aromatic rings. The minimum atomic E-state index is -0.857. The molecule has 2 N–H and O–H groups in total. The number of methoxy groups -OCH3 is 5. The molecule has 0 spiro atoms. The number of ether oxygens (including phenoxy) is 6. The Morgan fingerprint density at radius 2 is 1.48 bits per heavy atom. The zero-order valence-electron chi connectivity index (χ0n) is 18.5. The number of aliphatic hydroxyl groups is 2. The molecule has 1 aliphatic rings. The Labute approximate surface area is 182 Å². The maximum absolute atomic E-state index is 11.1. The Morgan fingerprint density at radius 1 is 0.871 bits per heavy atom. The van der Waals surface area contributed by atoms with Crippen LogP contribution in [-0.4, -0.2) is 59.0 Å². The molecular formula is C23H30O8. The molecule has 170 valence electrons. The van der Waals surface area contributed by atoms with Gasteiger partial charge in [-0.1, -0.05) is 6.07 Å². The summed E-state index contributed by atoms with van der Waals surface area (Å²) in [4.78, 5) is 0. The summed E-state index contributed by atoms with van der Waals surface area (Å²) in [7, 11) is 7.73. The van der Waals surface area contributed by atoms with Crippen LogP contribution in [0.3, 0.4) is 0 Å². The standard InChI is InChI=1S/C23H30O8/c1-26-17-7-6-13(8-18(17)27-2)21(25)16-12-31-22(15(16)11-24)14-9-19(28-3)23(30-5)20(10-14)29-4/h6-10,15-16,21-22,24-25H,11-12H2,1-5H3/t15-,16+,21-,22+/m1/s1. The van der Waals surface area contributed by atoms with Gasteiger partial charge >= 0.3 is 0 Å². The van der Waals surface area contributed by atoms with E-state index in [0.29, 0.717) is 34.3 Å². The summed E-state index contributed by atoms with van der Waals surface area (Å²) in [5.74, 6) is 1.92. The highest BCUT2D eigenvalue weighted by molar-refractivity contribution is 5.54. The molecule has 8 heteroatoms. The predicted octanol–water partition coefficient (Wildman–Crippen LogP) is 2.76. The van der Waals surface area contributed by atoms with Gasteiger partial charge in [0.05, 0.1) is 54.4 Å². The van der Waals surface area contributed by atoms with E-state index in [-0.39, 0.29) is 25.0 Å². The average Bonchev–Trinajstić information content (AvgIpc) is 3.26. The van der Waals surface area contributed by atoms with Crippen molar-refractivity contribution in [2.75, 3.05) is 48.8 Å². The maximum atomic E-state index is 11.1. The summed E-state index contributed by atoms with van der Waals surface area (Å²) in [6.45, 7) is 0.123. The summed E-state index contributed by atoms with van der Waals surface area (Å²) < 4.78 is 32.9. The molecule has 31 heavy (non-hydrogen) atoms. The summed E-state index contributed by atoms with van der Waals surface area (Å²) in [5.41, 5.74) is 1.44. The highest BCUT2D eigenvalue weighted by Crippen LogP contribution is 2.48. The maximum Gasteiger partial charge on any atom is 0.203 e. The van der Waals surface area contributed by atoms with Gasteiger partial charge in [0.1, 0.15) is 0 Å². The van der Waals surface area contributed by atoms with Gasteiger partial charge in [-0.2, -0.15) is 0 Å². The third-order valence-electron chi connectivity index (χ3n) is 5.79. The van der Waals surface area contributed by atoms with E-state index in [2.05, 4.69) is 0 Å². The summed E-state index contributed by atoms with van der Waals surface area (Å²) in [6, 6.07) is 8.88. The second kappa shape index (κ2) is 10.1. The molecule has 8 nitrogen and oxygen atoms in total. The van der Waals surface area contributed by atoms with Crippen LogP contribution in [0.1, 0.15) is 23.3 Å². The van der Waals surface area contributed by atoms with Crippen molar-refractivity contribution in [3.8, 4) is 28.7 Å². The van der Waals surface area contributed by atoms with Crippen LogP contribution in [0.4, 0.5) is 0 Å². The third kappa shape index (κ3) is 4.37. The van der Waals surface area contributed by atoms with Crippen LogP contribution in [0.15, 0.2) is 30.3 Å². The Morgan fingerprint density at radius 3 is 2.00 bits per heavy atom. The number of hydrogen-bond acceptors (Lipinski definition) is 8. The van der Waals surface area contributed by atoms with Gasteiger partial charge in [-0.15, -0.1) is 0 Å². The van der Waals surface area contributed by atoms with E-state index in [0.717, 1.165) is 5.56 Å². The van der Waals surface area contributed by atoms with E-state index < -0.39 is 12.2 Å². The number of benzene rings is 2. The monoisotopic (exact) mass is 434 g/mol. The largest absolute Gasteiger partial charge is 0.493 e. The fourth-order valence-electron chi connectivity index (χ4n) is 4.14. The quantitative estimate of drug-likeness (QED) is 0.622. The third-order valence-corrected chi connectivity index (χ3v) is 5.79. The van der Waals surface area contributed by atoms with Crippen molar-refractivity contribution in [3.63, 3.8) is 0 Å². The van der Waals surface area contributed by atoms with Crippen LogP contribution in [-0.2, 0) is 4.74 Å². The molecule has 0 bridgehead atoms. The molecule has 0 unspecified atom stereocenters. The van der Waals surface area contributed by atoms with Gasteiger partial charge in [0.2, 0.25) is 5.75 Å². The second-order valence-electron chi connectivity index (χ2n) is 7.28. The van der Waals surface area contributed by atoms with Crippen molar-refractivity contribution in [2.24, 2.45) is 11.8 Å². The number of aliphatic hydroxyl groups excluding tert-OH is 2. The van der Waals surface area contributed by atoms with Crippen LogP contribution in [0, 0.1) is 11.8 Å². The predicted molar refractivity (Wildman–Crippen MR) is 113 cm³/mol. The molecule has 1 saturated heterocycles. The Hall–Kier alpha value is -2.68. The lowest BCUT2D eigenvalue weighted by molar-refractivity contribution is 0.0632. The number of rotatable bonds is 9. The highest BCUT2D eigenvalue weighted by atomic mass is 16.5. The highest BCUT2D eigenvalue weighted by Gasteiger charge is 2.42. The van der Waals surface area contributed by atoms with Crippen molar-refractivity contribution >= 4 is 0 Å². The fraction of sp³-hybridized carbons (Fsp3) is 0.478. The van der Waals surface area contributed by atoms with E-state index in [1.54, 1.807) is 58.8 Å². The van der Waals surface area contributed by atoms with Crippen LogP contribution in [0.5, 0.6) is 28.7 Å². The van der Waals surface area contributed by atoms with Crippen molar-refractivity contribution in [1.82, 2.24) is 0 Å². The molecule has 0 aromatic heterocycles. The normalized spacial score (nSPS) is 21.5. The Bertz CT molecular complexity index is 859. The molecule has 1 heterocycles. The van der Waals surface area contributed by atoms with Gasteiger partial charge in [0.15, 0.2) is 23.0 Å². The Balaban J connectivity index is 1.91. The fourth-order valence-corrected chi connectivity index (χ4v) is 4.14. The first-order valence-corrected chi connectivity index (χ1v) is 9.95. The lowest BCUT2D eigenvalue weighted by atomic mass is 9.82. The zero-order chi connectivity index (χ0) is 22.5. The molecular weight excluding hydrogens is 404 g/mol. The van der Waals surface area contributed by atoms with E-state index in [1.165, 1.54) is 7.11 Å². The van der Waals surface area contributed by atoms with Crippen LogP contribution in [0.2, 0.25) is 0 Å².